The number of pyridine rings is 1. The van der Waals surface area contributed by atoms with Gasteiger partial charge >= 0.3 is 6.36 Å². The Kier molecular flexibility index (Phi) is 10.2. The van der Waals surface area contributed by atoms with Crippen molar-refractivity contribution in [1.29, 1.82) is 0 Å². The van der Waals surface area contributed by atoms with E-state index < -0.39 is 6.36 Å². The lowest BCUT2D eigenvalue weighted by Gasteiger charge is -2.30. The van der Waals surface area contributed by atoms with Crippen LogP contribution in [0.2, 0.25) is 0 Å². The van der Waals surface area contributed by atoms with E-state index in [4.69, 9.17) is 4.74 Å². The second kappa shape index (κ2) is 13.8. The second-order valence-electron chi connectivity index (χ2n) is 9.95. The summed E-state index contributed by atoms with van der Waals surface area (Å²) >= 11 is 0. The molecule has 0 bridgehead atoms. The van der Waals surface area contributed by atoms with E-state index in [1.165, 1.54) is 12.1 Å². The Bertz CT molecular complexity index is 1240. The molecule has 41 heavy (non-hydrogen) atoms. The molecule has 7 nitrogen and oxygen atoms in total. The normalized spacial score (nSPS) is 17.7. The lowest BCUT2D eigenvalue weighted by molar-refractivity contribution is -0.274. The largest absolute Gasteiger partial charge is 0.573 e. The highest BCUT2D eigenvalue weighted by Crippen LogP contribution is 2.35. The lowest BCUT2D eigenvalue weighted by Crippen LogP contribution is -2.33. The molecule has 4 rings (SSSR count). The van der Waals surface area contributed by atoms with Gasteiger partial charge in [-0.25, -0.2) is 0 Å². The first-order chi connectivity index (χ1) is 19.7. The van der Waals surface area contributed by atoms with Crippen LogP contribution in [0.25, 0.3) is 0 Å². The predicted molar refractivity (Wildman–Crippen MR) is 151 cm³/mol. The lowest BCUT2D eigenvalue weighted by atomic mass is 10.1. The highest BCUT2D eigenvalue weighted by Gasteiger charge is 2.44. The van der Waals surface area contributed by atoms with Crippen molar-refractivity contribution in [3.8, 4) is 5.75 Å². The minimum atomic E-state index is -4.74. The SMILES string of the molecule is CCN(CC)c1ccc(C2N(CCc3ccc(OC(F)(F)F)cc3)C(=O)[C@H](CCOCc3ccccn3)N2C)cc1. The van der Waals surface area contributed by atoms with Crippen LogP contribution in [-0.4, -0.2) is 66.4 Å². The average molecular weight is 571 g/mol. The number of alkyl halides is 3. The van der Waals surface area contributed by atoms with Crippen LogP contribution >= 0.6 is 0 Å². The number of rotatable bonds is 13. The van der Waals surface area contributed by atoms with Crippen LogP contribution in [0.4, 0.5) is 18.9 Å². The van der Waals surface area contributed by atoms with Crippen molar-refractivity contribution in [1.82, 2.24) is 14.8 Å². The molecule has 220 valence electrons. The van der Waals surface area contributed by atoms with Crippen molar-refractivity contribution in [2.45, 2.75) is 51.9 Å². The number of halogens is 3. The van der Waals surface area contributed by atoms with Crippen molar-refractivity contribution in [2.24, 2.45) is 0 Å². The predicted octanol–water partition coefficient (Wildman–Crippen LogP) is 5.82. The van der Waals surface area contributed by atoms with Gasteiger partial charge in [0.15, 0.2) is 0 Å². The fourth-order valence-corrected chi connectivity index (χ4v) is 5.26. The molecule has 0 saturated carbocycles. The summed E-state index contributed by atoms with van der Waals surface area (Å²) in [5, 5.41) is 0. The van der Waals surface area contributed by atoms with Crippen LogP contribution < -0.4 is 9.64 Å². The first kappa shape index (κ1) is 30.3. The quantitative estimate of drug-likeness (QED) is 0.242. The molecular formula is C31H37F3N4O3. The average Bonchev–Trinajstić information content (AvgIpc) is 3.20. The summed E-state index contributed by atoms with van der Waals surface area (Å²) in [4.78, 5) is 24.2. The summed E-state index contributed by atoms with van der Waals surface area (Å²) in [5.74, 6) is -0.265. The molecule has 0 radical (unpaired) electrons. The van der Waals surface area contributed by atoms with Crippen molar-refractivity contribution >= 4 is 11.6 Å². The molecule has 1 aliphatic rings. The van der Waals surface area contributed by atoms with Gasteiger partial charge in [0.1, 0.15) is 11.9 Å². The Morgan fingerprint density at radius 1 is 0.976 bits per heavy atom. The fourth-order valence-electron chi connectivity index (χ4n) is 5.26. The van der Waals surface area contributed by atoms with Crippen molar-refractivity contribution in [2.75, 3.05) is 38.2 Å². The maximum Gasteiger partial charge on any atom is 0.573 e. The number of ether oxygens (including phenoxy) is 2. The number of aromatic nitrogens is 1. The molecule has 1 fully saturated rings. The number of carbonyl (C=O) groups excluding carboxylic acids is 1. The monoisotopic (exact) mass is 570 g/mol. The molecule has 1 amide bonds. The first-order valence-electron chi connectivity index (χ1n) is 13.9. The molecule has 2 aromatic carbocycles. The summed E-state index contributed by atoms with van der Waals surface area (Å²) in [6, 6.07) is 19.4. The van der Waals surface area contributed by atoms with Gasteiger partial charge in [-0.2, -0.15) is 0 Å². The molecule has 0 aliphatic carbocycles. The number of hydrogen-bond donors (Lipinski definition) is 0. The number of nitrogens with zero attached hydrogens (tertiary/aromatic N) is 4. The van der Waals surface area contributed by atoms with Crippen LogP contribution in [0.1, 0.15) is 43.3 Å². The third-order valence-corrected chi connectivity index (χ3v) is 7.37. The van der Waals surface area contributed by atoms with Gasteiger partial charge in [-0.15, -0.1) is 13.2 Å². The van der Waals surface area contributed by atoms with E-state index in [1.807, 2.05) is 30.1 Å². The van der Waals surface area contributed by atoms with E-state index in [2.05, 4.69) is 57.6 Å². The highest BCUT2D eigenvalue weighted by atomic mass is 19.4. The molecule has 0 N–H and O–H groups in total. The minimum Gasteiger partial charge on any atom is -0.406 e. The van der Waals surface area contributed by atoms with Gasteiger partial charge in [-0.1, -0.05) is 30.3 Å². The Morgan fingerprint density at radius 3 is 2.29 bits per heavy atom. The summed E-state index contributed by atoms with van der Waals surface area (Å²) in [7, 11) is 1.95. The maximum atomic E-state index is 13.7. The zero-order valence-corrected chi connectivity index (χ0v) is 23.7. The minimum absolute atomic E-state index is 0.00350. The van der Waals surface area contributed by atoms with Crippen LogP contribution in [0.15, 0.2) is 72.9 Å². The second-order valence-corrected chi connectivity index (χ2v) is 9.95. The summed E-state index contributed by atoms with van der Waals surface area (Å²) in [6.07, 6.45) is -2.28. The molecule has 1 saturated heterocycles. The van der Waals surface area contributed by atoms with Gasteiger partial charge in [0.25, 0.3) is 0 Å². The topological polar surface area (TPSA) is 58.1 Å². The molecule has 1 aromatic heterocycles. The molecule has 1 aliphatic heterocycles. The van der Waals surface area contributed by atoms with Crippen molar-refractivity contribution in [3.05, 3.63) is 89.7 Å². The van der Waals surface area contributed by atoms with Crippen molar-refractivity contribution < 1.29 is 27.4 Å². The molecule has 1 unspecified atom stereocenters. The number of hydrogen-bond acceptors (Lipinski definition) is 6. The summed E-state index contributed by atoms with van der Waals surface area (Å²) in [6.45, 7) is 7.22. The Balaban J connectivity index is 1.48. The van der Waals surface area contributed by atoms with Gasteiger partial charge in [0, 0.05) is 38.1 Å². The number of likely N-dealkylation sites (N-methyl/N-ethyl adjacent to an activating group) is 1. The molecule has 2 atom stereocenters. The van der Waals surface area contributed by atoms with Gasteiger partial charge < -0.3 is 19.3 Å². The van der Waals surface area contributed by atoms with Gasteiger partial charge in [-0.3, -0.25) is 14.7 Å². The highest BCUT2D eigenvalue weighted by molar-refractivity contribution is 5.84. The van der Waals surface area contributed by atoms with E-state index in [1.54, 1.807) is 18.3 Å². The molecule has 0 spiro atoms. The number of carbonyl (C=O) groups is 1. The van der Waals surface area contributed by atoms with Crippen LogP contribution in [0, 0.1) is 0 Å². The smallest absolute Gasteiger partial charge is 0.406 e. The maximum absolute atomic E-state index is 13.7. The van der Waals surface area contributed by atoms with E-state index in [9.17, 15) is 18.0 Å². The Hall–Kier alpha value is -3.63. The van der Waals surface area contributed by atoms with E-state index in [0.29, 0.717) is 32.6 Å². The van der Waals surface area contributed by atoms with Crippen LogP contribution in [0.5, 0.6) is 5.75 Å². The van der Waals surface area contributed by atoms with Gasteiger partial charge in [0.05, 0.1) is 18.3 Å². The molecule has 2 heterocycles. The Labute approximate surface area is 239 Å². The third-order valence-electron chi connectivity index (χ3n) is 7.37. The number of benzene rings is 2. The fraction of sp³-hybridized carbons (Fsp3) is 0.419. The van der Waals surface area contributed by atoms with Crippen molar-refractivity contribution in [3.63, 3.8) is 0 Å². The van der Waals surface area contributed by atoms with Crippen LogP contribution in [-0.2, 0) is 22.6 Å². The first-order valence-corrected chi connectivity index (χ1v) is 13.9. The zero-order valence-electron chi connectivity index (χ0n) is 23.7. The van der Waals surface area contributed by atoms with Gasteiger partial charge in [-0.05, 0) is 81.3 Å². The number of amides is 1. The standard InChI is InChI=1S/C31H37F3N4O3/c1-4-37(5-2)26-13-11-24(12-14-26)29-36(3)28(18-21-40-22-25-8-6-7-19-35-25)30(39)38(29)20-17-23-9-15-27(16-10-23)41-31(32,33)34/h6-16,19,28-29H,4-5,17-18,20-22H2,1-3H3/t28-,29?/m0/s1. The third kappa shape index (κ3) is 7.98. The summed E-state index contributed by atoms with van der Waals surface area (Å²) in [5.41, 5.74) is 3.77. The van der Waals surface area contributed by atoms with Gasteiger partial charge in [0.2, 0.25) is 5.91 Å². The zero-order chi connectivity index (χ0) is 29.4. The van der Waals surface area contributed by atoms with Crippen LogP contribution in [0.3, 0.4) is 0 Å². The van der Waals surface area contributed by atoms with E-state index in [-0.39, 0.29) is 23.9 Å². The molecule has 10 heteroatoms. The van der Waals surface area contributed by atoms with E-state index >= 15 is 0 Å². The summed E-state index contributed by atoms with van der Waals surface area (Å²) < 4.78 is 47.4. The van der Waals surface area contributed by atoms with E-state index in [0.717, 1.165) is 35.6 Å². The number of anilines is 1. The Morgan fingerprint density at radius 2 is 1.68 bits per heavy atom. The molecule has 3 aromatic rings. The molecular weight excluding hydrogens is 533 g/mol.